The van der Waals surface area contributed by atoms with E-state index in [4.69, 9.17) is 4.74 Å². The number of imidazole rings is 1. The number of hydrogen-bond donors (Lipinski definition) is 2. The highest BCUT2D eigenvalue weighted by Gasteiger charge is 2.23. The van der Waals surface area contributed by atoms with Gasteiger partial charge in [0.1, 0.15) is 5.75 Å². The molecule has 0 aliphatic carbocycles. The number of hydrogen-bond acceptors (Lipinski definition) is 4. The number of thioether (sulfide) groups is 1. The number of carbonyl (C=O) groups is 1. The molecule has 0 bridgehead atoms. The van der Waals surface area contributed by atoms with Gasteiger partial charge in [0.2, 0.25) is 5.91 Å². The summed E-state index contributed by atoms with van der Waals surface area (Å²) in [6.07, 6.45) is 3.03. The Kier molecular flexibility index (Phi) is 3.82. The second-order valence-corrected chi connectivity index (χ2v) is 6.01. The van der Waals surface area contributed by atoms with Gasteiger partial charge in [-0.25, -0.2) is 4.98 Å². The molecular weight excluding hydrogens is 274 g/mol. The average Bonchev–Trinajstić information content (AvgIpc) is 2.75. The van der Waals surface area contributed by atoms with Gasteiger partial charge in [-0.3, -0.25) is 4.79 Å². The van der Waals surface area contributed by atoms with Crippen LogP contribution in [0.15, 0.2) is 23.4 Å². The van der Waals surface area contributed by atoms with E-state index in [0.29, 0.717) is 0 Å². The zero-order chi connectivity index (χ0) is 13.9. The summed E-state index contributed by atoms with van der Waals surface area (Å²) < 4.78 is 5.20. The third-order valence-corrected chi connectivity index (χ3v) is 4.56. The predicted molar refractivity (Wildman–Crippen MR) is 79.2 cm³/mol. The van der Waals surface area contributed by atoms with Crippen LogP contribution in [0, 0.1) is 0 Å². The summed E-state index contributed by atoms with van der Waals surface area (Å²) in [6, 6.07) is 5.72. The van der Waals surface area contributed by atoms with Gasteiger partial charge in [0.25, 0.3) is 0 Å². The van der Waals surface area contributed by atoms with Gasteiger partial charge in [0.15, 0.2) is 5.16 Å². The molecule has 0 radical (unpaired) electrons. The normalized spacial score (nSPS) is 19.6. The first kappa shape index (κ1) is 13.3. The molecule has 2 heterocycles. The number of aromatic nitrogens is 2. The summed E-state index contributed by atoms with van der Waals surface area (Å²) in [5, 5.41) is 3.68. The quantitative estimate of drug-likeness (QED) is 0.911. The van der Waals surface area contributed by atoms with Gasteiger partial charge in [0, 0.05) is 12.6 Å². The Labute approximate surface area is 121 Å². The van der Waals surface area contributed by atoms with Crippen molar-refractivity contribution in [2.45, 2.75) is 29.7 Å². The number of H-pyrrole nitrogens is 1. The van der Waals surface area contributed by atoms with Crippen LogP contribution in [0.1, 0.15) is 19.3 Å². The highest BCUT2D eigenvalue weighted by molar-refractivity contribution is 8.00. The van der Waals surface area contributed by atoms with Crippen molar-refractivity contribution in [3.63, 3.8) is 0 Å². The molecule has 1 aromatic carbocycles. The molecule has 1 fully saturated rings. The number of aromatic amines is 1. The molecule has 1 aliphatic heterocycles. The van der Waals surface area contributed by atoms with Crippen molar-refractivity contribution in [2.24, 2.45) is 0 Å². The van der Waals surface area contributed by atoms with Gasteiger partial charge in [0.05, 0.1) is 23.4 Å². The first-order valence-corrected chi connectivity index (χ1v) is 7.62. The maximum absolute atomic E-state index is 11.9. The summed E-state index contributed by atoms with van der Waals surface area (Å²) in [7, 11) is 1.64. The number of carbonyl (C=O) groups excluding carboxylic acids is 1. The molecule has 0 unspecified atom stereocenters. The number of methoxy groups -OCH3 is 1. The zero-order valence-corrected chi connectivity index (χ0v) is 12.1. The Morgan fingerprint density at radius 2 is 2.30 bits per heavy atom. The summed E-state index contributed by atoms with van der Waals surface area (Å²) in [5.41, 5.74) is 1.82. The first-order chi connectivity index (χ1) is 9.76. The molecule has 0 spiro atoms. The molecule has 1 atom stereocenters. The van der Waals surface area contributed by atoms with Crippen LogP contribution >= 0.6 is 11.8 Å². The molecule has 106 valence electrons. The van der Waals surface area contributed by atoms with Gasteiger partial charge in [-0.1, -0.05) is 18.2 Å². The minimum atomic E-state index is -0.0556. The van der Waals surface area contributed by atoms with E-state index in [-0.39, 0.29) is 11.2 Å². The van der Waals surface area contributed by atoms with Crippen molar-refractivity contribution in [1.82, 2.24) is 15.3 Å². The van der Waals surface area contributed by atoms with Crippen molar-refractivity contribution in [3.05, 3.63) is 18.2 Å². The van der Waals surface area contributed by atoms with E-state index in [1.54, 1.807) is 7.11 Å². The smallest absolute Gasteiger partial charge is 0.233 e. The SMILES string of the molecule is COc1ccc2nc(S[C@@H]3CCCCNC3=O)[nH]c2c1. The molecule has 1 saturated heterocycles. The van der Waals surface area contributed by atoms with Crippen LogP contribution < -0.4 is 10.1 Å². The summed E-state index contributed by atoms with van der Waals surface area (Å²) >= 11 is 1.51. The maximum atomic E-state index is 11.9. The number of amides is 1. The largest absolute Gasteiger partial charge is 0.497 e. The number of rotatable bonds is 3. The summed E-state index contributed by atoms with van der Waals surface area (Å²) in [5.74, 6) is 0.912. The van der Waals surface area contributed by atoms with Crippen molar-refractivity contribution in [2.75, 3.05) is 13.7 Å². The summed E-state index contributed by atoms with van der Waals surface area (Å²) in [6.45, 7) is 0.785. The number of nitrogens with zero attached hydrogens (tertiary/aromatic N) is 1. The first-order valence-electron chi connectivity index (χ1n) is 6.74. The standard InChI is InChI=1S/C14H17N3O2S/c1-19-9-5-6-10-11(8-9)17-14(16-10)20-12-4-2-3-7-15-13(12)18/h5-6,8,12H,2-4,7H2,1H3,(H,15,18)(H,16,17)/t12-/m1/s1. The van der Waals surface area contributed by atoms with Crippen LogP contribution in [0.4, 0.5) is 0 Å². The van der Waals surface area contributed by atoms with Crippen LogP contribution in [-0.2, 0) is 4.79 Å². The molecule has 3 rings (SSSR count). The van der Waals surface area contributed by atoms with Gasteiger partial charge >= 0.3 is 0 Å². The van der Waals surface area contributed by atoms with Crippen LogP contribution in [0.3, 0.4) is 0 Å². The van der Waals surface area contributed by atoms with Crippen LogP contribution in [-0.4, -0.2) is 34.8 Å². The van der Waals surface area contributed by atoms with Gasteiger partial charge in [-0.2, -0.15) is 0 Å². The monoisotopic (exact) mass is 291 g/mol. The third-order valence-electron chi connectivity index (χ3n) is 3.41. The molecule has 20 heavy (non-hydrogen) atoms. The Hall–Kier alpha value is -1.69. The van der Waals surface area contributed by atoms with E-state index in [9.17, 15) is 4.79 Å². The molecule has 1 aliphatic rings. The van der Waals surface area contributed by atoms with E-state index in [2.05, 4.69) is 15.3 Å². The second-order valence-electron chi connectivity index (χ2n) is 4.82. The minimum Gasteiger partial charge on any atom is -0.497 e. The number of fused-ring (bicyclic) bond motifs is 1. The second kappa shape index (κ2) is 5.75. The molecule has 5 nitrogen and oxygen atoms in total. The Morgan fingerprint density at radius 3 is 3.15 bits per heavy atom. The molecule has 2 N–H and O–H groups in total. The van der Waals surface area contributed by atoms with Crippen molar-refractivity contribution >= 4 is 28.7 Å². The number of ether oxygens (including phenoxy) is 1. The van der Waals surface area contributed by atoms with E-state index in [1.165, 1.54) is 11.8 Å². The van der Waals surface area contributed by atoms with Gasteiger partial charge < -0.3 is 15.0 Å². The lowest BCUT2D eigenvalue weighted by atomic mass is 10.2. The average molecular weight is 291 g/mol. The highest BCUT2D eigenvalue weighted by Crippen LogP contribution is 2.28. The maximum Gasteiger partial charge on any atom is 0.233 e. The third kappa shape index (κ3) is 2.75. The van der Waals surface area contributed by atoms with Crippen molar-refractivity contribution < 1.29 is 9.53 Å². The van der Waals surface area contributed by atoms with E-state index in [0.717, 1.165) is 47.7 Å². The van der Waals surface area contributed by atoms with Crippen LogP contribution in [0.25, 0.3) is 11.0 Å². The fraction of sp³-hybridized carbons (Fsp3) is 0.429. The fourth-order valence-electron chi connectivity index (χ4n) is 2.31. The molecule has 6 heteroatoms. The lowest BCUT2D eigenvalue weighted by Gasteiger charge is -2.10. The molecular formula is C14H17N3O2S. The van der Waals surface area contributed by atoms with Crippen LogP contribution in [0.2, 0.25) is 0 Å². The molecule has 1 amide bonds. The molecule has 1 aromatic heterocycles. The van der Waals surface area contributed by atoms with E-state index in [1.807, 2.05) is 18.2 Å². The molecule has 0 saturated carbocycles. The topological polar surface area (TPSA) is 67.0 Å². The van der Waals surface area contributed by atoms with Crippen molar-refractivity contribution in [3.8, 4) is 5.75 Å². The van der Waals surface area contributed by atoms with Crippen LogP contribution in [0.5, 0.6) is 5.75 Å². The Morgan fingerprint density at radius 1 is 1.40 bits per heavy atom. The number of nitrogens with one attached hydrogen (secondary N) is 2. The lowest BCUT2D eigenvalue weighted by Crippen LogP contribution is -2.30. The minimum absolute atomic E-state index is 0.0556. The predicted octanol–water partition coefficient (Wildman–Crippen LogP) is 2.33. The number of benzene rings is 1. The van der Waals surface area contributed by atoms with Gasteiger partial charge in [-0.05, 0) is 25.0 Å². The van der Waals surface area contributed by atoms with Crippen molar-refractivity contribution in [1.29, 1.82) is 0 Å². The van der Waals surface area contributed by atoms with E-state index < -0.39 is 0 Å². The Bertz CT molecular complexity index is 626. The van der Waals surface area contributed by atoms with E-state index >= 15 is 0 Å². The lowest BCUT2D eigenvalue weighted by molar-refractivity contribution is -0.120. The highest BCUT2D eigenvalue weighted by atomic mass is 32.2. The van der Waals surface area contributed by atoms with Gasteiger partial charge in [-0.15, -0.1) is 0 Å². The Balaban J connectivity index is 1.81. The summed E-state index contributed by atoms with van der Waals surface area (Å²) in [4.78, 5) is 19.7. The fourth-order valence-corrected chi connectivity index (χ4v) is 3.37. The zero-order valence-electron chi connectivity index (χ0n) is 11.3. The molecule has 2 aromatic rings.